The highest BCUT2D eigenvalue weighted by Gasteiger charge is 2.16. The van der Waals surface area contributed by atoms with Crippen LogP contribution in [-0.2, 0) is 25.4 Å². The largest absolute Gasteiger partial charge is 0.494 e. The summed E-state index contributed by atoms with van der Waals surface area (Å²) in [5.74, 6) is 0.0314. The number of aryl methyl sites for hydroxylation is 1. The monoisotopic (exact) mass is 476 g/mol. The number of anilines is 2. The van der Waals surface area contributed by atoms with E-state index in [0.717, 1.165) is 10.3 Å². The van der Waals surface area contributed by atoms with Gasteiger partial charge < -0.3 is 19.9 Å². The third-order valence-electron chi connectivity index (χ3n) is 5.39. The van der Waals surface area contributed by atoms with Gasteiger partial charge in [-0.05, 0) is 55.5 Å². The van der Waals surface area contributed by atoms with E-state index in [1.54, 1.807) is 48.5 Å². The van der Waals surface area contributed by atoms with Gasteiger partial charge in [-0.15, -0.1) is 0 Å². The Balaban J connectivity index is 1.42. The van der Waals surface area contributed by atoms with Gasteiger partial charge in [-0.2, -0.15) is 0 Å². The highest BCUT2D eigenvalue weighted by atomic mass is 16.5. The van der Waals surface area contributed by atoms with Gasteiger partial charge in [-0.1, -0.05) is 0 Å². The number of ether oxygens (including phenoxy) is 1. The maximum absolute atomic E-state index is 12.6. The molecule has 11 nitrogen and oxygen atoms in total. The van der Waals surface area contributed by atoms with Crippen molar-refractivity contribution in [3.8, 4) is 5.75 Å². The first-order chi connectivity index (χ1) is 16.8. The summed E-state index contributed by atoms with van der Waals surface area (Å²) in [5, 5.41) is 5.53. The molecule has 0 radical (unpaired) electrons. The van der Waals surface area contributed by atoms with Crippen LogP contribution in [0.15, 0.2) is 64.4 Å². The number of hydrogen-bond donors (Lipinski definition) is 2. The number of benzene rings is 2. The van der Waals surface area contributed by atoms with Crippen molar-refractivity contribution in [1.82, 2.24) is 18.7 Å². The summed E-state index contributed by atoms with van der Waals surface area (Å²) in [4.78, 5) is 53.8. The van der Waals surface area contributed by atoms with Gasteiger partial charge in [0.15, 0.2) is 11.2 Å². The van der Waals surface area contributed by atoms with Crippen molar-refractivity contribution in [2.75, 3.05) is 17.2 Å². The molecule has 2 heterocycles. The summed E-state index contributed by atoms with van der Waals surface area (Å²) in [7, 11) is 2.88. The molecule has 11 heteroatoms. The zero-order chi connectivity index (χ0) is 25.1. The number of carbonyl (C=O) groups excluding carboxylic acids is 2. The predicted octanol–water partition coefficient (Wildman–Crippen LogP) is 1.72. The molecule has 0 saturated carbocycles. The summed E-state index contributed by atoms with van der Waals surface area (Å²) in [6.07, 6.45) is 1.35. The fraction of sp³-hybridized carbons (Fsp3) is 0.208. The van der Waals surface area contributed by atoms with Crippen molar-refractivity contribution in [3.63, 3.8) is 0 Å². The van der Waals surface area contributed by atoms with Crippen LogP contribution >= 0.6 is 0 Å². The predicted molar refractivity (Wildman–Crippen MR) is 131 cm³/mol. The Bertz CT molecular complexity index is 1510. The number of nitrogens with zero attached hydrogens (tertiary/aromatic N) is 4. The summed E-state index contributed by atoms with van der Waals surface area (Å²) < 4.78 is 9.00. The second-order valence-electron chi connectivity index (χ2n) is 7.79. The third kappa shape index (κ3) is 4.83. The molecular formula is C24H24N6O5. The molecule has 4 rings (SSSR count). The number of aromatic nitrogens is 4. The van der Waals surface area contributed by atoms with Crippen molar-refractivity contribution in [2.24, 2.45) is 14.1 Å². The van der Waals surface area contributed by atoms with Crippen LogP contribution < -0.4 is 26.6 Å². The molecule has 0 saturated heterocycles. The highest BCUT2D eigenvalue weighted by molar-refractivity contribution is 6.04. The molecule has 0 atom stereocenters. The number of amides is 2. The molecule has 4 aromatic rings. The van der Waals surface area contributed by atoms with Crippen LogP contribution in [0.25, 0.3) is 11.2 Å². The van der Waals surface area contributed by atoms with Gasteiger partial charge in [-0.3, -0.25) is 23.5 Å². The zero-order valence-electron chi connectivity index (χ0n) is 19.4. The molecule has 2 aromatic carbocycles. The van der Waals surface area contributed by atoms with Gasteiger partial charge in [0.25, 0.3) is 11.5 Å². The molecule has 0 aliphatic carbocycles. The summed E-state index contributed by atoms with van der Waals surface area (Å²) in [6, 6.07) is 13.5. The average Bonchev–Trinajstić information content (AvgIpc) is 3.26. The maximum atomic E-state index is 12.6. The molecule has 2 aromatic heterocycles. The molecule has 0 aliphatic heterocycles. The quantitative estimate of drug-likeness (QED) is 0.418. The van der Waals surface area contributed by atoms with E-state index in [9.17, 15) is 19.2 Å². The lowest BCUT2D eigenvalue weighted by Gasteiger charge is -2.09. The molecular weight excluding hydrogens is 452 g/mol. The lowest BCUT2D eigenvalue weighted by Crippen LogP contribution is -2.37. The van der Waals surface area contributed by atoms with E-state index in [-0.39, 0.29) is 23.6 Å². The van der Waals surface area contributed by atoms with Gasteiger partial charge in [0.2, 0.25) is 5.91 Å². The number of hydrogen-bond acceptors (Lipinski definition) is 6. The van der Waals surface area contributed by atoms with E-state index >= 15 is 0 Å². The minimum Gasteiger partial charge on any atom is -0.494 e. The van der Waals surface area contributed by atoms with Gasteiger partial charge in [-0.25, -0.2) is 9.78 Å². The third-order valence-corrected chi connectivity index (χ3v) is 5.39. The van der Waals surface area contributed by atoms with Crippen molar-refractivity contribution >= 4 is 34.4 Å². The van der Waals surface area contributed by atoms with E-state index in [4.69, 9.17) is 4.74 Å². The number of rotatable bonds is 7. The number of nitrogens with one attached hydrogen (secondary N) is 2. The fourth-order valence-electron chi connectivity index (χ4n) is 3.58. The Morgan fingerprint density at radius 3 is 2.20 bits per heavy atom. The van der Waals surface area contributed by atoms with Crippen molar-refractivity contribution in [1.29, 1.82) is 0 Å². The van der Waals surface area contributed by atoms with E-state index in [0.29, 0.717) is 23.5 Å². The standard InChI is InChI=1S/C24H24N6O5/c1-4-35-18-11-9-17(10-12-18)27-22(32)15-5-7-16(8-6-15)26-19(31)13-30-14-25-21-20(30)23(33)29(3)24(34)28(21)2/h5-12,14H,4,13H2,1-3H3,(H,26,31)(H,27,32). The van der Waals surface area contributed by atoms with E-state index in [2.05, 4.69) is 15.6 Å². The van der Waals surface area contributed by atoms with Crippen LogP contribution in [0.2, 0.25) is 0 Å². The first kappa shape index (κ1) is 23.5. The number of fused-ring (bicyclic) bond motifs is 1. The molecule has 0 aliphatic rings. The minimum absolute atomic E-state index is 0.158. The zero-order valence-corrected chi connectivity index (χ0v) is 19.4. The summed E-state index contributed by atoms with van der Waals surface area (Å²) in [5.41, 5.74) is 0.867. The molecule has 2 amide bonds. The Labute approximate surface area is 199 Å². The fourth-order valence-corrected chi connectivity index (χ4v) is 3.58. The molecule has 35 heavy (non-hydrogen) atoms. The van der Waals surface area contributed by atoms with E-state index in [1.165, 1.54) is 29.6 Å². The molecule has 2 N–H and O–H groups in total. The van der Waals surface area contributed by atoms with E-state index in [1.807, 2.05) is 6.92 Å². The van der Waals surface area contributed by atoms with Gasteiger partial charge >= 0.3 is 5.69 Å². The molecule has 0 bridgehead atoms. The SMILES string of the molecule is CCOc1ccc(NC(=O)c2ccc(NC(=O)Cn3cnc4c3c(=O)n(C)c(=O)n4C)cc2)cc1. The topological polar surface area (TPSA) is 129 Å². The maximum Gasteiger partial charge on any atom is 0.332 e. The molecule has 0 spiro atoms. The second kappa shape index (κ2) is 9.67. The van der Waals surface area contributed by atoms with Crippen LogP contribution in [0.4, 0.5) is 11.4 Å². The Morgan fingerprint density at radius 1 is 0.914 bits per heavy atom. The van der Waals surface area contributed by atoms with Gasteiger partial charge in [0, 0.05) is 31.0 Å². The number of imidazole rings is 1. The van der Waals surface area contributed by atoms with Crippen LogP contribution in [0, 0.1) is 0 Å². The smallest absolute Gasteiger partial charge is 0.332 e. The minimum atomic E-state index is -0.531. The average molecular weight is 476 g/mol. The summed E-state index contributed by atoms with van der Waals surface area (Å²) >= 11 is 0. The van der Waals surface area contributed by atoms with Gasteiger partial charge in [0.05, 0.1) is 12.9 Å². The molecule has 0 unspecified atom stereocenters. The Kier molecular flexibility index (Phi) is 6.49. The Hall–Kier alpha value is -4.67. The second-order valence-corrected chi connectivity index (χ2v) is 7.79. The van der Waals surface area contributed by atoms with E-state index < -0.39 is 17.2 Å². The Morgan fingerprint density at radius 2 is 1.54 bits per heavy atom. The van der Waals surface area contributed by atoms with Crippen molar-refractivity contribution < 1.29 is 14.3 Å². The molecule has 180 valence electrons. The first-order valence-electron chi connectivity index (χ1n) is 10.8. The van der Waals surface area contributed by atoms with Crippen molar-refractivity contribution in [3.05, 3.63) is 81.3 Å². The van der Waals surface area contributed by atoms with Crippen LogP contribution in [0.5, 0.6) is 5.75 Å². The lowest BCUT2D eigenvalue weighted by molar-refractivity contribution is -0.116. The van der Waals surface area contributed by atoms with Crippen LogP contribution in [0.1, 0.15) is 17.3 Å². The molecule has 0 fully saturated rings. The number of carbonyl (C=O) groups is 2. The van der Waals surface area contributed by atoms with Crippen LogP contribution in [0.3, 0.4) is 0 Å². The first-order valence-corrected chi connectivity index (χ1v) is 10.8. The van der Waals surface area contributed by atoms with Crippen LogP contribution in [-0.4, -0.2) is 37.1 Å². The van der Waals surface area contributed by atoms with Crippen molar-refractivity contribution in [2.45, 2.75) is 13.5 Å². The lowest BCUT2D eigenvalue weighted by atomic mass is 10.2. The highest BCUT2D eigenvalue weighted by Crippen LogP contribution is 2.17. The van der Waals surface area contributed by atoms with Gasteiger partial charge in [0.1, 0.15) is 12.3 Å². The normalized spacial score (nSPS) is 10.8. The summed E-state index contributed by atoms with van der Waals surface area (Å²) in [6.45, 7) is 2.28.